The lowest BCUT2D eigenvalue weighted by Gasteiger charge is -2.34. The van der Waals surface area contributed by atoms with Gasteiger partial charge in [0.25, 0.3) is 0 Å². The van der Waals surface area contributed by atoms with Crippen LogP contribution in [-0.4, -0.2) is 73.2 Å². The molecule has 1 atom stereocenters. The van der Waals surface area contributed by atoms with E-state index in [1.807, 2.05) is 25.5 Å². The summed E-state index contributed by atoms with van der Waals surface area (Å²) in [4.78, 5) is 17.8. The Bertz CT molecular complexity index is 580. The van der Waals surface area contributed by atoms with Gasteiger partial charge in [0.1, 0.15) is 0 Å². The molecule has 1 unspecified atom stereocenters. The molecule has 0 aromatic carbocycles. The lowest BCUT2D eigenvalue weighted by Crippen LogP contribution is -2.48. The summed E-state index contributed by atoms with van der Waals surface area (Å²) in [5.41, 5.74) is 0.379. The van der Waals surface area contributed by atoms with Crippen molar-refractivity contribution >= 4 is 35.9 Å². The summed E-state index contributed by atoms with van der Waals surface area (Å²) in [6, 6.07) is 2.29. The van der Waals surface area contributed by atoms with Crippen LogP contribution < -0.4 is 15.5 Å². The molecule has 8 heteroatoms. The van der Waals surface area contributed by atoms with E-state index in [0.29, 0.717) is 11.5 Å². The molecule has 0 saturated carbocycles. The molecule has 1 aliphatic heterocycles. The topological polar surface area (TPSA) is 68.7 Å². The molecule has 1 aliphatic rings. The maximum absolute atomic E-state index is 4.36. The first-order chi connectivity index (χ1) is 13.4. The molecule has 7 nitrogen and oxygen atoms in total. The highest BCUT2D eigenvalue weighted by Gasteiger charge is 2.18. The Morgan fingerprint density at radius 1 is 1.17 bits per heavy atom. The van der Waals surface area contributed by atoms with E-state index in [9.17, 15) is 0 Å². The third-order valence-corrected chi connectivity index (χ3v) is 5.08. The third-order valence-electron chi connectivity index (χ3n) is 5.08. The Morgan fingerprint density at radius 2 is 1.83 bits per heavy atom. The molecule has 1 aromatic heterocycles. The molecular weight excluding hydrogens is 477 g/mol. The van der Waals surface area contributed by atoms with Gasteiger partial charge in [-0.3, -0.25) is 9.89 Å². The fraction of sp³-hybridized carbons (Fsp3) is 0.762. The van der Waals surface area contributed by atoms with Crippen LogP contribution in [0.3, 0.4) is 0 Å². The SMILES string of the molecule is CN=C(NCCCN1CCN(c2ncccn2)CC1)NC(C)CCC(C)(C)C.I. The molecule has 2 heterocycles. The van der Waals surface area contributed by atoms with Gasteiger partial charge >= 0.3 is 0 Å². The molecular formula is C21H40IN7. The van der Waals surface area contributed by atoms with Crippen molar-refractivity contribution in [2.45, 2.75) is 53.0 Å². The minimum atomic E-state index is 0. The number of guanidine groups is 1. The highest BCUT2D eigenvalue weighted by Crippen LogP contribution is 2.21. The maximum atomic E-state index is 4.36. The van der Waals surface area contributed by atoms with Crippen molar-refractivity contribution in [2.24, 2.45) is 10.4 Å². The quantitative estimate of drug-likeness (QED) is 0.239. The van der Waals surface area contributed by atoms with E-state index in [1.54, 1.807) is 0 Å². The lowest BCUT2D eigenvalue weighted by atomic mass is 9.89. The highest BCUT2D eigenvalue weighted by atomic mass is 127. The second-order valence-corrected chi connectivity index (χ2v) is 8.87. The molecule has 2 N–H and O–H groups in total. The molecule has 166 valence electrons. The lowest BCUT2D eigenvalue weighted by molar-refractivity contribution is 0.254. The third kappa shape index (κ3) is 10.4. The van der Waals surface area contributed by atoms with Crippen LogP contribution in [0.15, 0.2) is 23.5 Å². The fourth-order valence-electron chi connectivity index (χ4n) is 3.29. The summed E-state index contributed by atoms with van der Waals surface area (Å²) < 4.78 is 0. The largest absolute Gasteiger partial charge is 0.356 e. The van der Waals surface area contributed by atoms with Gasteiger partial charge in [0.2, 0.25) is 5.95 Å². The number of halogens is 1. The van der Waals surface area contributed by atoms with Crippen LogP contribution >= 0.6 is 24.0 Å². The van der Waals surface area contributed by atoms with Gasteiger partial charge in [-0.1, -0.05) is 20.8 Å². The number of nitrogens with zero attached hydrogens (tertiary/aromatic N) is 5. The number of piperazine rings is 1. The van der Waals surface area contributed by atoms with E-state index in [2.05, 4.69) is 63.1 Å². The van der Waals surface area contributed by atoms with Crippen molar-refractivity contribution in [3.63, 3.8) is 0 Å². The predicted molar refractivity (Wildman–Crippen MR) is 133 cm³/mol. The molecule has 0 aliphatic carbocycles. The van der Waals surface area contributed by atoms with Crippen molar-refractivity contribution in [2.75, 3.05) is 51.2 Å². The van der Waals surface area contributed by atoms with Gasteiger partial charge in [-0.25, -0.2) is 9.97 Å². The fourth-order valence-corrected chi connectivity index (χ4v) is 3.29. The molecule has 0 radical (unpaired) electrons. The van der Waals surface area contributed by atoms with E-state index < -0.39 is 0 Å². The molecule has 0 bridgehead atoms. The Hall–Kier alpha value is -1.16. The second-order valence-electron chi connectivity index (χ2n) is 8.87. The number of anilines is 1. The molecule has 1 saturated heterocycles. The zero-order valence-corrected chi connectivity index (χ0v) is 21.1. The van der Waals surface area contributed by atoms with Gasteiger partial charge in [-0.05, 0) is 44.2 Å². The van der Waals surface area contributed by atoms with Gasteiger partial charge in [0, 0.05) is 58.2 Å². The van der Waals surface area contributed by atoms with Crippen molar-refractivity contribution in [1.82, 2.24) is 25.5 Å². The van der Waals surface area contributed by atoms with Crippen LogP contribution in [0.1, 0.15) is 47.0 Å². The number of aliphatic imine (C=N–C) groups is 1. The van der Waals surface area contributed by atoms with Crippen molar-refractivity contribution in [1.29, 1.82) is 0 Å². The van der Waals surface area contributed by atoms with Gasteiger partial charge < -0.3 is 15.5 Å². The molecule has 0 amide bonds. The van der Waals surface area contributed by atoms with Crippen LogP contribution in [0.4, 0.5) is 5.95 Å². The Kier molecular flexibility index (Phi) is 11.8. The van der Waals surface area contributed by atoms with E-state index in [0.717, 1.165) is 64.0 Å². The van der Waals surface area contributed by atoms with Gasteiger partial charge in [0.15, 0.2) is 5.96 Å². The number of aromatic nitrogens is 2. The standard InChI is InChI=1S/C21H39N7.HI/c1-18(8-9-21(2,3)4)26-19(22-5)23-12-7-13-27-14-16-28(17-15-27)20-24-10-6-11-25-20;/h6,10-11,18H,7-9,12-17H2,1-5H3,(H2,22,23,26);1H. The first-order valence-electron chi connectivity index (χ1n) is 10.6. The zero-order chi connectivity index (χ0) is 20.4. The van der Waals surface area contributed by atoms with Crippen molar-refractivity contribution in [3.8, 4) is 0 Å². The molecule has 1 fully saturated rings. The Balaban J connectivity index is 0.00000420. The van der Waals surface area contributed by atoms with Crippen molar-refractivity contribution < 1.29 is 0 Å². The smallest absolute Gasteiger partial charge is 0.225 e. The monoisotopic (exact) mass is 517 g/mol. The summed E-state index contributed by atoms with van der Waals surface area (Å²) in [7, 11) is 1.84. The van der Waals surface area contributed by atoms with E-state index in [-0.39, 0.29) is 24.0 Å². The summed E-state index contributed by atoms with van der Waals surface area (Å²) in [5.74, 6) is 1.76. The molecule has 2 rings (SSSR count). The van der Waals surface area contributed by atoms with Crippen LogP contribution in [0.5, 0.6) is 0 Å². The maximum Gasteiger partial charge on any atom is 0.225 e. The first kappa shape index (κ1) is 25.9. The van der Waals surface area contributed by atoms with Crippen molar-refractivity contribution in [3.05, 3.63) is 18.5 Å². The van der Waals surface area contributed by atoms with Crippen LogP contribution in [-0.2, 0) is 0 Å². The summed E-state index contributed by atoms with van der Waals surface area (Å²) in [5, 5.41) is 6.96. The average molecular weight is 518 g/mol. The number of hydrogen-bond donors (Lipinski definition) is 2. The number of nitrogens with one attached hydrogen (secondary N) is 2. The molecule has 1 aromatic rings. The van der Waals surface area contributed by atoms with Crippen LogP contribution in [0.2, 0.25) is 0 Å². The summed E-state index contributed by atoms with van der Waals surface area (Å²) >= 11 is 0. The van der Waals surface area contributed by atoms with E-state index in [4.69, 9.17) is 0 Å². The average Bonchev–Trinajstić information content (AvgIpc) is 2.69. The summed E-state index contributed by atoms with van der Waals surface area (Å²) in [6.45, 7) is 15.3. The number of hydrogen-bond acceptors (Lipinski definition) is 5. The number of rotatable bonds is 8. The summed E-state index contributed by atoms with van der Waals surface area (Å²) in [6.07, 6.45) is 7.09. The van der Waals surface area contributed by atoms with Crippen LogP contribution in [0, 0.1) is 5.41 Å². The van der Waals surface area contributed by atoms with Gasteiger partial charge in [-0.15, -0.1) is 24.0 Å². The Morgan fingerprint density at radius 3 is 2.41 bits per heavy atom. The Labute approximate surface area is 194 Å². The van der Waals surface area contributed by atoms with E-state index >= 15 is 0 Å². The molecule has 0 spiro atoms. The second kappa shape index (κ2) is 13.2. The highest BCUT2D eigenvalue weighted by molar-refractivity contribution is 14.0. The predicted octanol–water partition coefficient (Wildman–Crippen LogP) is 2.99. The van der Waals surface area contributed by atoms with Crippen LogP contribution in [0.25, 0.3) is 0 Å². The minimum absolute atomic E-state index is 0. The zero-order valence-electron chi connectivity index (χ0n) is 18.8. The normalized spacial score (nSPS) is 16.9. The van der Waals surface area contributed by atoms with Gasteiger partial charge in [0.05, 0.1) is 0 Å². The van der Waals surface area contributed by atoms with Gasteiger partial charge in [-0.2, -0.15) is 0 Å². The minimum Gasteiger partial charge on any atom is -0.356 e. The molecule has 29 heavy (non-hydrogen) atoms. The first-order valence-corrected chi connectivity index (χ1v) is 10.6. The van der Waals surface area contributed by atoms with E-state index in [1.165, 1.54) is 6.42 Å².